The van der Waals surface area contributed by atoms with Crippen LogP contribution in [0.3, 0.4) is 0 Å². The fourth-order valence-electron chi connectivity index (χ4n) is 1.76. The molecule has 0 aliphatic heterocycles. The molecule has 0 unspecified atom stereocenters. The van der Waals surface area contributed by atoms with Crippen molar-refractivity contribution in [3.05, 3.63) is 40.3 Å². The van der Waals surface area contributed by atoms with Gasteiger partial charge in [-0.1, -0.05) is 12.1 Å². The lowest BCUT2D eigenvalue weighted by Crippen LogP contribution is -2.16. The Kier molecular flexibility index (Phi) is 2.68. The van der Waals surface area contributed by atoms with Gasteiger partial charge in [-0.15, -0.1) is 5.10 Å². The SMILES string of the molecule is N#Cc1ccccc1Sc1n[nH]c(=O)n1C1CC1. The van der Waals surface area contributed by atoms with Crippen molar-refractivity contribution in [2.45, 2.75) is 28.9 Å². The summed E-state index contributed by atoms with van der Waals surface area (Å²) in [6.45, 7) is 0. The first-order valence-electron chi connectivity index (χ1n) is 5.63. The van der Waals surface area contributed by atoms with Gasteiger partial charge < -0.3 is 0 Å². The third-order valence-electron chi connectivity index (χ3n) is 2.79. The Morgan fingerprint density at radius 3 is 2.94 bits per heavy atom. The quantitative estimate of drug-likeness (QED) is 0.912. The minimum absolute atomic E-state index is 0.172. The second-order valence-electron chi connectivity index (χ2n) is 4.12. The van der Waals surface area contributed by atoms with Crippen molar-refractivity contribution in [3.63, 3.8) is 0 Å². The highest BCUT2D eigenvalue weighted by atomic mass is 32.2. The fraction of sp³-hybridized carbons (Fsp3) is 0.250. The smallest absolute Gasteiger partial charge is 0.267 e. The number of rotatable bonds is 3. The average Bonchev–Trinajstić information content (AvgIpc) is 3.16. The van der Waals surface area contributed by atoms with Gasteiger partial charge in [0.1, 0.15) is 6.07 Å². The summed E-state index contributed by atoms with van der Waals surface area (Å²) in [6.07, 6.45) is 2.04. The number of nitriles is 1. The molecule has 1 saturated carbocycles. The molecule has 0 atom stereocenters. The van der Waals surface area contributed by atoms with Crippen LogP contribution in [0.25, 0.3) is 0 Å². The van der Waals surface area contributed by atoms with Crippen LogP contribution in [0.1, 0.15) is 24.4 Å². The maximum atomic E-state index is 11.6. The van der Waals surface area contributed by atoms with Crippen LogP contribution in [0, 0.1) is 11.3 Å². The van der Waals surface area contributed by atoms with E-state index in [9.17, 15) is 4.79 Å². The van der Waals surface area contributed by atoms with Crippen LogP contribution >= 0.6 is 11.8 Å². The van der Waals surface area contributed by atoms with Gasteiger partial charge in [0, 0.05) is 10.9 Å². The van der Waals surface area contributed by atoms with Crippen LogP contribution in [-0.2, 0) is 0 Å². The molecule has 0 spiro atoms. The summed E-state index contributed by atoms with van der Waals surface area (Å²) in [4.78, 5) is 12.5. The molecule has 0 bridgehead atoms. The molecule has 1 fully saturated rings. The second-order valence-corrected chi connectivity index (χ2v) is 5.13. The lowest BCUT2D eigenvalue weighted by molar-refractivity contribution is 0.642. The molecule has 0 saturated heterocycles. The van der Waals surface area contributed by atoms with Crippen LogP contribution in [-0.4, -0.2) is 14.8 Å². The third-order valence-corrected chi connectivity index (χ3v) is 3.84. The van der Waals surface area contributed by atoms with Crippen molar-refractivity contribution in [1.82, 2.24) is 14.8 Å². The highest BCUT2D eigenvalue weighted by molar-refractivity contribution is 7.99. The minimum atomic E-state index is -0.172. The first-order chi connectivity index (χ1) is 8.79. The summed E-state index contributed by atoms with van der Waals surface area (Å²) in [5.41, 5.74) is 0.426. The Morgan fingerprint density at radius 2 is 2.22 bits per heavy atom. The van der Waals surface area contributed by atoms with Crippen LogP contribution in [0.4, 0.5) is 0 Å². The van der Waals surface area contributed by atoms with Gasteiger partial charge in [-0.25, -0.2) is 9.89 Å². The maximum Gasteiger partial charge on any atom is 0.344 e. The van der Waals surface area contributed by atoms with Gasteiger partial charge in [0.2, 0.25) is 0 Å². The van der Waals surface area contributed by atoms with E-state index in [1.807, 2.05) is 18.2 Å². The zero-order valence-corrected chi connectivity index (χ0v) is 10.3. The Hall–Kier alpha value is -2.00. The van der Waals surface area contributed by atoms with Gasteiger partial charge in [0.15, 0.2) is 5.16 Å². The summed E-state index contributed by atoms with van der Waals surface area (Å²) in [6, 6.07) is 9.72. The van der Waals surface area contributed by atoms with Crippen LogP contribution in [0.5, 0.6) is 0 Å². The summed E-state index contributed by atoms with van der Waals surface area (Å²) in [7, 11) is 0. The molecule has 18 heavy (non-hydrogen) atoms. The summed E-state index contributed by atoms with van der Waals surface area (Å²) in [5.74, 6) is 0. The standard InChI is InChI=1S/C12H10N4OS/c13-7-8-3-1-2-4-10(8)18-12-15-14-11(17)16(12)9-5-6-9/h1-4,9H,5-6H2,(H,14,17). The molecule has 3 rings (SSSR count). The zero-order chi connectivity index (χ0) is 12.5. The predicted octanol–water partition coefficient (Wildman–Crippen LogP) is 1.93. The van der Waals surface area contributed by atoms with E-state index in [1.54, 1.807) is 10.6 Å². The number of aromatic amines is 1. The molecule has 0 amide bonds. The largest absolute Gasteiger partial charge is 0.344 e. The number of nitrogens with zero attached hydrogens (tertiary/aromatic N) is 3. The van der Waals surface area contributed by atoms with Gasteiger partial charge in [-0.05, 0) is 36.7 Å². The van der Waals surface area contributed by atoms with Crippen LogP contribution in [0.15, 0.2) is 39.1 Å². The van der Waals surface area contributed by atoms with Crippen molar-refractivity contribution in [1.29, 1.82) is 5.26 Å². The molecule has 5 nitrogen and oxygen atoms in total. The lowest BCUT2D eigenvalue weighted by atomic mass is 10.2. The van der Waals surface area contributed by atoms with E-state index in [-0.39, 0.29) is 11.7 Å². The average molecular weight is 258 g/mol. The molecule has 1 aromatic carbocycles. The number of nitrogens with one attached hydrogen (secondary N) is 1. The summed E-state index contributed by atoms with van der Waals surface area (Å²) in [5, 5.41) is 16.2. The maximum absolute atomic E-state index is 11.6. The van der Waals surface area contributed by atoms with Crippen molar-refractivity contribution >= 4 is 11.8 Å². The van der Waals surface area contributed by atoms with Crippen LogP contribution in [0.2, 0.25) is 0 Å². The number of aromatic nitrogens is 3. The van der Waals surface area contributed by atoms with Crippen molar-refractivity contribution in [2.75, 3.05) is 0 Å². The number of hydrogen-bond acceptors (Lipinski definition) is 4. The summed E-state index contributed by atoms with van der Waals surface area (Å²) >= 11 is 1.35. The van der Waals surface area contributed by atoms with Crippen LogP contribution < -0.4 is 5.69 Å². The molecule has 2 aromatic rings. The predicted molar refractivity (Wildman–Crippen MR) is 66.4 cm³/mol. The molecule has 1 aromatic heterocycles. The van der Waals surface area contributed by atoms with Gasteiger partial charge in [0.05, 0.1) is 5.56 Å². The van der Waals surface area contributed by atoms with E-state index in [0.717, 1.165) is 17.7 Å². The van der Waals surface area contributed by atoms with E-state index < -0.39 is 0 Å². The Labute approximate surface area is 107 Å². The van der Waals surface area contributed by atoms with Gasteiger partial charge in [-0.2, -0.15) is 5.26 Å². The number of H-pyrrole nitrogens is 1. The summed E-state index contributed by atoms with van der Waals surface area (Å²) < 4.78 is 1.68. The molecule has 90 valence electrons. The topological polar surface area (TPSA) is 74.5 Å². The Balaban J connectivity index is 1.98. The molecule has 1 aliphatic rings. The monoisotopic (exact) mass is 258 g/mol. The highest BCUT2D eigenvalue weighted by Crippen LogP contribution is 2.38. The third kappa shape index (κ3) is 1.93. The van der Waals surface area contributed by atoms with Gasteiger partial charge in [0.25, 0.3) is 0 Å². The zero-order valence-electron chi connectivity index (χ0n) is 9.46. The molecule has 1 N–H and O–H groups in total. The minimum Gasteiger partial charge on any atom is -0.267 e. The Morgan fingerprint density at radius 1 is 1.44 bits per heavy atom. The van der Waals surface area contributed by atoms with E-state index in [2.05, 4.69) is 16.3 Å². The van der Waals surface area contributed by atoms with E-state index >= 15 is 0 Å². The normalized spacial score (nSPS) is 14.4. The van der Waals surface area contributed by atoms with E-state index in [4.69, 9.17) is 5.26 Å². The molecule has 0 radical (unpaired) electrons. The fourth-order valence-corrected chi connectivity index (χ4v) is 2.75. The molecule has 1 heterocycles. The number of benzene rings is 1. The molecular formula is C12H10N4OS. The second kappa shape index (κ2) is 4.35. The Bertz CT molecular complexity index is 678. The van der Waals surface area contributed by atoms with E-state index in [1.165, 1.54) is 11.8 Å². The molecular weight excluding hydrogens is 248 g/mol. The van der Waals surface area contributed by atoms with Gasteiger partial charge >= 0.3 is 5.69 Å². The van der Waals surface area contributed by atoms with Gasteiger partial charge in [-0.3, -0.25) is 4.57 Å². The number of hydrogen-bond donors (Lipinski definition) is 1. The van der Waals surface area contributed by atoms with Crippen molar-refractivity contribution < 1.29 is 0 Å². The lowest BCUT2D eigenvalue weighted by Gasteiger charge is -2.04. The van der Waals surface area contributed by atoms with E-state index in [0.29, 0.717) is 10.7 Å². The molecule has 6 heteroatoms. The van der Waals surface area contributed by atoms with Crippen molar-refractivity contribution in [3.8, 4) is 6.07 Å². The first kappa shape index (κ1) is 11.1. The first-order valence-corrected chi connectivity index (χ1v) is 6.45. The highest BCUT2D eigenvalue weighted by Gasteiger charge is 2.28. The molecule has 1 aliphatic carbocycles. The van der Waals surface area contributed by atoms with Crippen molar-refractivity contribution in [2.24, 2.45) is 0 Å².